The van der Waals surface area contributed by atoms with E-state index in [2.05, 4.69) is 33.4 Å². The Morgan fingerprint density at radius 1 is 1.13 bits per heavy atom. The summed E-state index contributed by atoms with van der Waals surface area (Å²) in [6.07, 6.45) is 3.54. The van der Waals surface area contributed by atoms with Crippen LogP contribution in [0.4, 0.5) is 0 Å². The molecule has 2 aromatic rings. The first-order valence-electron chi connectivity index (χ1n) is 7.93. The largest absolute Gasteiger partial charge is 0.493 e. The molecule has 0 bridgehead atoms. The van der Waals surface area contributed by atoms with Crippen molar-refractivity contribution in [3.8, 4) is 5.75 Å². The average Bonchev–Trinajstić information content (AvgIpc) is 2.52. The van der Waals surface area contributed by atoms with Crippen LogP contribution in [-0.4, -0.2) is 12.5 Å². The van der Waals surface area contributed by atoms with Crippen LogP contribution in [-0.2, 0) is 10.3 Å². The molecule has 1 N–H and O–H groups in total. The Morgan fingerprint density at radius 3 is 2.57 bits per heavy atom. The minimum absolute atomic E-state index is 0.0450. The topological polar surface area (TPSA) is 38.3 Å². The second kappa shape index (κ2) is 7.18. The molecule has 1 amide bonds. The zero-order valence-corrected chi connectivity index (χ0v) is 14.5. The lowest BCUT2D eigenvalue weighted by atomic mass is 9.71. The van der Waals surface area contributed by atoms with Gasteiger partial charge in [-0.25, -0.2) is 0 Å². The fourth-order valence-corrected chi connectivity index (χ4v) is 3.30. The summed E-state index contributed by atoms with van der Waals surface area (Å²) < 4.78 is 6.61. The maximum absolute atomic E-state index is 12.3. The Balaban J connectivity index is 1.53. The molecule has 3 nitrogen and oxygen atoms in total. The third-order valence-corrected chi connectivity index (χ3v) is 4.80. The molecule has 0 aliphatic heterocycles. The molecule has 0 radical (unpaired) electrons. The van der Waals surface area contributed by atoms with Gasteiger partial charge in [0.15, 0.2) is 0 Å². The van der Waals surface area contributed by atoms with Gasteiger partial charge >= 0.3 is 0 Å². The van der Waals surface area contributed by atoms with Crippen LogP contribution < -0.4 is 10.1 Å². The molecule has 0 spiro atoms. The van der Waals surface area contributed by atoms with Crippen LogP contribution >= 0.6 is 15.9 Å². The summed E-state index contributed by atoms with van der Waals surface area (Å²) in [4.78, 5) is 12.3. The summed E-state index contributed by atoms with van der Waals surface area (Å²) in [7, 11) is 0. The molecule has 1 aliphatic rings. The number of rotatable bonds is 6. The quantitative estimate of drug-likeness (QED) is 0.813. The second-order valence-corrected chi connectivity index (χ2v) is 6.82. The van der Waals surface area contributed by atoms with Gasteiger partial charge in [-0.1, -0.05) is 52.3 Å². The lowest BCUT2D eigenvalue weighted by molar-refractivity contribution is -0.124. The average molecular weight is 374 g/mol. The summed E-state index contributed by atoms with van der Waals surface area (Å²) >= 11 is 3.41. The molecule has 1 fully saturated rings. The van der Waals surface area contributed by atoms with Crippen LogP contribution in [0.15, 0.2) is 59.1 Å². The standard InChI is InChI=1S/C19H20BrNO2/c20-16-8-4-9-17(14-16)23-13-10-18(22)21-19(11-5-12-19)15-6-2-1-3-7-15/h1-4,6-9,14H,5,10-13H2,(H,21,22). The Bertz CT molecular complexity index is 668. The van der Waals surface area contributed by atoms with Gasteiger partial charge in [0.2, 0.25) is 5.91 Å². The predicted octanol–water partition coefficient (Wildman–Crippen LogP) is 4.41. The van der Waals surface area contributed by atoms with Crippen molar-refractivity contribution in [2.75, 3.05) is 6.61 Å². The molecule has 2 aromatic carbocycles. The molecule has 23 heavy (non-hydrogen) atoms. The van der Waals surface area contributed by atoms with Gasteiger partial charge in [-0.15, -0.1) is 0 Å². The van der Waals surface area contributed by atoms with Gasteiger partial charge in [0.05, 0.1) is 18.6 Å². The van der Waals surface area contributed by atoms with Crippen molar-refractivity contribution in [3.05, 3.63) is 64.6 Å². The first kappa shape index (κ1) is 16.1. The van der Waals surface area contributed by atoms with Gasteiger partial charge in [-0.3, -0.25) is 4.79 Å². The van der Waals surface area contributed by atoms with Crippen LogP contribution in [0, 0.1) is 0 Å². The molecular formula is C19H20BrNO2. The highest BCUT2D eigenvalue weighted by atomic mass is 79.9. The molecular weight excluding hydrogens is 354 g/mol. The third kappa shape index (κ3) is 3.94. The van der Waals surface area contributed by atoms with E-state index in [1.807, 2.05) is 42.5 Å². The Hall–Kier alpha value is -1.81. The number of ether oxygens (including phenoxy) is 1. The van der Waals surface area contributed by atoms with Crippen LogP contribution in [0.1, 0.15) is 31.2 Å². The van der Waals surface area contributed by atoms with Crippen molar-refractivity contribution >= 4 is 21.8 Å². The number of nitrogens with one attached hydrogen (secondary N) is 1. The molecule has 0 atom stereocenters. The highest BCUT2D eigenvalue weighted by molar-refractivity contribution is 9.10. The van der Waals surface area contributed by atoms with E-state index in [1.54, 1.807) is 0 Å². The Kier molecular flexibility index (Phi) is 5.01. The SMILES string of the molecule is O=C(CCOc1cccc(Br)c1)NC1(c2ccccc2)CCC1. The molecule has 3 rings (SSSR count). The van der Waals surface area contributed by atoms with Crippen LogP contribution in [0.2, 0.25) is 0 Å². The van der Waals surface area contributed by atoms with E-state index in [0.717, 1.165) is 29.5 Å². The fourth-order valence-electron chi connectivity index (χ4n) is 2.92. The number of carbonyl (C=O) groups is 1. The van der Waals surface area contributed by atoms with Crippen molar-refractivity contribution in [1.82, 2.24) is 5.32 Å². The van der Waals surface area contributed by atoms with Gasteiger partial charge in [-0.2, -0.15) is 0 Å². The number of hydrogen-bond acceptors (Lipinski definition) is 2. The van der Waals surface area contributed by atoms with Crippen molar-refractivity contribution in [2.24, 2.45) is 0 Å². The zero-order chi connectivity index (χ0) is 16.1. The van der Waals surface area contributed by atoms with Crippen molar-refractivity contribution in [3.63, 3.8) is 0 Å². The molecule has 0 saturated heterocycles. The lowest BCUT2D eigenvalue weighted by Gasteiger charge is -2.43. The van der Waals surface area contributed by atoms with Gasteiger partial charge in [0.1, 0.15) is 5.75 Å². The summed E-state index contributed by atoms with van der Waals surface area (Å²) in [6, 6.07) is 17.9. The number of benzene rings is 2. The summed E-state index contributed by atoms with van der Waals surface area (Å²) in [6.45, 7) is 0.382. The first-order chi connectivity index (χ1) is 11.2. The summed E-state index contributed by atoms with van der Waals surface area (Å²) in [5.41, 5.74) is 1.03. The highest BCUT2D eigenvalue weighted by Gasteiger charge is 2.39. The van der Waals surface area contributed by atoms with E-state index < -0.39 is 0 Å². The molecule has 120 valence electrons. The highest BCUT2D eigenvalue weighted by Crippen LogP contribution is 2.41. The van der Waals surface area contributed by atoms with E-state index in [4.69, 9.17) is 4.74 Å². The Morgan fingerprint density at radius 2 is 1.91 bits per heavy atom. The number of hydrogen-bond donors (Lipinski definition) is 1. The zero-order valence-electron chi connectivity index (χ0n) is 12.9. The molecule has 0 heterocycles. The molecule has 0 unspecified atom stereocenters. The number of amides is 1. The minimum atomic E-state index is -0.173. The van der Waals surface area contributed by atoms with Crippen molar-refractivity contribution in [2.45, 2.75) is 31.2 Å². The van der Waals surface area contributed by atoms with Gasteiger partial charge in [0, 0.05) is 4.47 Å². The second-order valence-electron chi connectivity index (χ2n) is 5.91. The molecule has 0 aromatic heterocycles. The van der Waals surface area contributed by atoms with Crippen molar-refractivity contribution < 1.29 is 9.53 Å². The minimum Gasteiger partial charge on any atom is -0.493 e. The van der Waals surface area contributed by atoms with Gasteiger partial charge in [-0.05, 0) is 43.0 Å². The monoisotopic (exact) mass is 373 g/mol. The van der Waals surface area contributed by atoms with E-state index in [0.29, 0.717) is 13.0 Å². The van der Waals surface area contributed by atoms with E-state index in [9.17, 15) is 4.79 Å². The van der Waals surface area contributed by atoms with Crippen LogP contribution in [0.3, 0.4) is 0 Å². The van der Waals surface area contributed by atoms with Gasteiger partial charge < -0.3 is 10.1 Å². The van der Waals surface area contributed by atoms with E-state index in [-0.39, 0.29) is 11.4 Å². The van der Waals surface area contributed by atoms with E-state index in [1.165, 1.54) is 5.56 Å². The summed E-state index contributed by atoms with van der Waals surface area (Å²) in [5, 5.41) is 3.22. The molecule has 1 saturated carbocycles. The van der Waals surface area contributed by atoms with Crippen molar-refractivity contribution in [1.29, 1.82) is 0 Å². The first-order valence-corrected chi connectivity index (χ1v) is 8.72. The van der Waals surface area contributed by atoms with Crippen LogP contribution in [0.5, 0.6) is 5.75 Å². The Labute approximate surface area is 145 Å². The smallest absolute Gasteiger partial charge is 0.224 e. The summed E-state index contributed by atoms with van der Waals surface area (Å²) in [5.74, 6) is 0.817. The maximum Gasteiger partial charge on any atom is 0.224 e. The number of halogens is 1. The lowest BCUT2D eigenvalue weighted by Crippen LogP contribution is -2.51. The molecule has 4 heteroatoms. The molecule has 1 aliphatic carbocycles. The predicted molar refractivity (Wildman–Crippen MR) is 94.4 cm³/mol. The maximum atomic E-state index is 12.3. The fraction of sp³-hybridized carbons (Fsp3) is 0.316. The van der Waals surface area contributed by atoms with E-state index >= 15 is 0 Å². The third-order valence-electron chi connectivity index (χ3n) is 4.31. The normalized spacial score (nSPS) is 15.5. The number of carbonyl (C=O) groups excluding carboxylic acids is 1. The van der Waals surface area contributed by atoms with Gasteiger partial charge in [0.25, 0.3) is 0 Å². The van der Waals surface area contributed by atoms with Crippen LogP contribution in [0.25, 0.3) is 0 Å².